The number of rotatable bonds is 4. The van der Waals surface area contributed by atoms with Crippen molar-refractivity contribution < 1.29 is 14.3 Å². The molecule has 0 radical (unpaired) electrons. The molecule has 3 rings (SSSR count). The van der Waals surface area contributed by atoms with Crippen LogP contribution in [0.25, 0.3) is 6.08 Å². The molecule has 110 valence electrons. The van der Waals surface area contributed by atoms with Crippen molar-refractivity contribution in [3.05, 3.63) is 70.8 Å². The predicted molar refractivity (Wildman–Crippen MR) is 85.5 cm³/mol. The van der Waals surface area contributed by atoms with Crippen molar-refractivity contribution in [3.63, 3.8) is 0 Å². The molecule has 0 fully saturated rings. The lowest BCUT2D eigenvalue weighted by Gasteiger charge is -2.01. The van der Waals surface area contributed by atoms with Crippen molar-refractivity contribution >= 4 is 17.6 Å². The molecule has 0 amide bonds. The smallest absolute Gasteiger partial charge is 0.185 e. The van der Waals surface area contributed by atoms with Crippen LogP contribution in [0.3, 0.4) is 0 Å². The maximum Gasteiger partial charge on any atom is 0.185 e. The van der Waals surface area contributed by atoms with E-state index in [0.717, 1.165) is 28.9 Å². The average Bonchev–Trinajstić information content (AvgIpc) is 2.93. The number of allylic oxidation sites excluding steroid dienone is 1. The van der Waals surface area contributed by atoms with Gasteiger partial charge in [-0.2, -0.15) is 0 Å². The Kier molecular flexibility index (Phi) is 3.88. The minimum absolute atomic E-state index is 0.0563. The quantitative estimate of drug-likeness (QED) is 0.637. The molecule has 0 aromatic heterocycles. The summed E-state index contributed by atoms with van der Waals surface area (Å²) in [4.78, 5) is 23.7. The fraction of sp³-hybridized carbons (Fsp3) is 0.158. The van der Waals surface area contributed by atoms with Crippen molar-refractivity contribution in [2.24, 2.45) is 0 Å². The van der Waals surface area contributed by atoms with Crippen LogP contribution in [0.15, 0.2) is 48.5 Å². The summed E-state index contributed by atoms with van der Waals surface area (Å²) < 4.78 is 5.07. The molecule has 0 heterocycles. The third-order valence-corrected chi connectivity index (χ3v) is 3.85. The Bertz CT molecular complexity index is 755. The fourth-order valence-electron chi connectivity index (χ4n) is 2.60. The summed E-state index contributed by atoms with van der Waals surface area (Å²) in [6.07, 6.45) is 4.73. The zero-order valence-corrected chi connectivity index (χ0v) is 12.3. The van der Waals surface area contributed by atoms with E-state index in [0.29, 0.717) is 12.0 Å². The van der Waals surface area contributed by atoms with Gasteiger partial charge in [-0.15, -0.1) is 0 Å². The third-order valence-electron chi connectivity index (χ3n) is 3.85. The second kappa shape index (κ2) is 5.98. The Hall–Kier alpha value is -2.68. The van der Waals surface area contributed by atoms with E-state index in [1.54, 1.807) is 43.5 Å². The fourth-order valence-corrected chi connectivity index (χ4v) is 2.60. The number of fused-ring (bicyclic) bond motifs is 1. The number of hydrogen-bond donors (Lipinski definition) is 0. The first kappa shape index (κ1) is 14.3. The number of ketones is 2. The molecule has 2 aromatic carbocycles. The van der Waals surface area contributed by atoms with Crippen LogP contribution < -0.4 is 4.74 Å². The normalized spacial score (nSPS) is 13.4. The lowest BCUT2D eigenvalue weighted by atomic mass is 10.0. The SMILES string of the molecule is COc1ccc(C(=O)/C=C/c2ccc3c(c2)CCC3=O)cc1. The highest BCUT2D eigenvalue weighted by molar-refractivity contribution is 6.07. The molecule has 0 spiro atoms. The molecule has 0 saturated carbocycles. The van der Waals surface area contributed by atoms with Crippen LogP contribution in [0.4, 0.5) is 0 Å². The van der Waals surface area contributed by atoms with Crippen LogP contribution in [-0.2, 0) is 6.42 Å². The standard InChI is InChI=1S/C19H16O3/c1-22-16-7-4-14(5-8-16)18(20)10-3-13-2-9-17-15(12-13)6-11-19(17)21/h2-5,7-10,12H,6,11H2,1H3/b10-3+. The second-order valence-corrected chi connectivity index (χ2v) is 5.27. The zero-order chi connectivity index (χ0) is 15.5. The van der Waals surface area contributed by atoms with E-state index in [2.05, 4.69) is 0 Å². The van der Waals surface area contributed by atoms with E-state index in [4.69, 9.17) is 4.74 Å². The highest BCUT2D eigenvalue weighted by Crippen LogP contribution is 2.23. The van der Waals surface area contributed by atoms with Gasteiger partial charge in [-0.05, 0) is 47.9 Å². The molecule has 1 aliphatic carbocycles. The van der Waals surface area contributed by atoms with Crippen molar-refractivity contribution in [1.82, 2.24) is 0 Å². The summed E-state index contributed by atoms with van der Waals surface area (Å²) in [5.41, 5.74) is 3.45. The van der Waals surface area contributed by atoms with Gasteiger partial charge in [0.15, 0.2) is 11.6 Å². The van der Waals surface area contributed by atoms with E-state index in [9.17, 15) is 9.59 Å². The minimum atomic E-state index is -0.0563. The molecule has 0 saturated heterocycles. The van der Waals surface area contributed by atoms with E-state index in [-0.39, 0.29) is 11.6 Å². The maximum absolute atomic E-state index is 12.1. The van der Waals surface area contributed by atoms with Gasteiger partial charge in [0, 0.05) is 17.5 Å². The van der Waals surface area contributed by atoms with E-state index < -0.39 is 0 Å². The number of ether oxygens (including phenoxy) is 1. The van der Waals surface area contributed by atoms with Gasteiger partial charge in [0.05, 0.1) is 7.11 Å². The van der Waals surface area contributed by atoms with Gasteiger partial charge in [-0.25, -0.2) is 0 Å². The zero-order valence-electron chi connectivity index (χ0n) is 12.3. The monoisotopic (exact) mass is 292 g/mol. The molecular formula is C19H16O3. The van der Waals surface area contributed by atoms with Gasteiger partial charge >= 0.3 is 0 Å². The van der Waals surface area contributed by atoms with Crippen LogP contribution in [0.2, 0.25) is 0 Å². The number of carbonyl (C=O) groups is 2. The van der Waals surface area contributed by atoms with Crippen molar-refractivity contribution in [2.45, 2.75) is 12.8 Å². The topological polar surface area (TPSA) is 43.4 Å². The van der Waals surface area contributed by atoms with Gasteiger partial charge in [-0.3, -0.25) is 9.59 Å². The summed E-state index contributed by atoms with van der Waals surface area (Å²) in [7, 11) is 1.59. The Morgan fingerprint density at radius 3 is 2.59 bits per heavy atom. The number of hydrogen-bond acceptors (Lipinski definition) is 3. The molecule has 0 aliphatic heterocycles. The Morgan fingerprint density at radius 2 is 1.86 bits per heavy atom. The Balaban J connectivity index is 1.76. The van der Waals surface area contributed by atoms with Crippen LogP contribution in [0.5, 0.6) is 5.75 Å². The second-order valence-electron chi connectivity index (χ2n) is 5.27. The number of benzene rings is 2. The summed E-state index contributed by atoms with van der Waals surface area (Å²) in [6.45, 7) is 0. The van der Waals surface area contributed by atoms with Gasteiger partial charge in [-0.1, -0.05) is 24.3 Å². The highest BCUT2D eigenvalue weighted by Gasteiger charge is 2.18. The number of aryl methyl sites for hydroxylation is 1. The Labute approximate surface area is 129 Å². The van der Waals surface area contributed by atoms with Crippen LogP contribution in [-0.4, -0.2) is 18.7 Å². The summed E-state index contributed by atoms with van der Waals surface area (Å²) in [6, 6.07) is 12.7. The average molecular weight is 292 g/mol. The van der Waals surface area contributed by atoms with Crippen LogP contribution >= 0.6 is 0 Å². The first-order chi connectivity index (χ1) is 10.7. The number of Topliss-reactive ketones (excluding diaryl/α,β-unsaturated/α-hetero) is 1. The van der Waals surface area contributed by atoms with Gasteiger partial charge < -0.3 is 4.74 Å². The van der Waals surface area contributed by atoms with E-state index >= 15 is 0 Å². The summed E-state index contributed by atoms with van der Waals surface area (Å²) >= 11 is 0. The van der Waals surface area contributed by atoms with Crippen molar-refractivity contribution in [1.29, 1.82) is 0 Å². The molecule has 0 unspecified atom stereocenters. The summed E-state index contributed by atoms with van der Waals surface area (Å²) in [5, 5.41) is 0. The Morgan fingerprint density at radius 1 is 1.09 bits per heavy atom. The van der Waals surface area contributed by atoms with Crippen molar-refractivity contribution in [3.8, 4) is 5.75 Å². The first-order valence-electron chi connectivity index (χ1n) is 7.20. The summed E-state index contributed by atoms with van der Waals surface area (Å²) in [5.74, 6) is 0.878. The lowest BCUT2D eigenvalue weighted by molar-refractivity contribution is 0.0993. The highest BCUT2D eigenvalue weighted by atomic mass is 16.5. The first-order valence-corrected chi connectivity index (χ1v) is 7.20. The molecular weight excluding hydrogens is 276 g/mol. The van der Waals surface area contributed by atoms with Crippen molar-refractivity contribution in [2.75, 3.05) is 7.11 Å². The largest absolute Gasteiger partial charge is 0.497 e. The van der Waals surface area contributed by atoms with E-state index in [1.807, 2.05) is 18.2 Å². The lowest BCUT2D eigenvalue weighted by Crippen LogP contribution is -1.94. The number of methoxy groups -OCH3 is 1. The molecule has 0 atom stereocenters. The predicted octanol–water partition coefficient (Wildman–Crippen LogP) is 3.72. The molecule has 0 N–H and O–H groups in total. The van der Waals surface area contributed by atoms with Gasteiger partial charge in [0.1, 0.15) is 5.75 Å². The van der Waals surface area contributed by atoms with E-state index in [1.165, 1.54) is 0 Å². The molecule has 3 nitrogen and oxygen atoms in total. The molecule has 22 heavy (non-hydrogen) atoms. The minimum Gasteiger partial charge on any atom is -0.497 e. The molecule has 1 aliphatic rings. The van der Waals surface area contributed by atoms with Crippen LogP contribution in [0, 0.1) is 0 Å². The number of carbonyl (C=O) groups excluding carboxylic acids is 2. The maximum atomic E-state index is 12.1. The van der Waals surface area contributed by atoms with Gasteiger partial charge in [0.2, 0.25) is 0 Å². The van der Waals surface area contributed by atoms with Crippen LogP contribution in [0.1, 0.15) is 38.3 Å². The van der Waals surface area contributed by atoms with Gasteiger partial charge in [0.25, 0.3) is 0 Å². The molecule has 3 heteroatoms. The molecule has 2 aromatic rings. The molecule has 0 bridgehead atoms. The third kappa shape index (κ3) is 2.84.